The molecule has 0 aliphatic carbocycles. The highest BCUT2D eigenvalue weighted by Crippen LogP contribution is 2.23. The molecule has 2 aromatic heterocycles. The molecule has 0 radical (unpaired) electrons. The maximum atomic E-state index is 13.1. The molecule has 2 N–H and O–H groups in total. The Morgan fingerprint density at radius 2 is 1.90 bits per heavy atom. The molecule has 0 spiro atoms. The van der Waals surface area contributed by atoms with Crippen LogP contribution in [0.5, 0.6) is 0 Å². The van der Waals surface area contributed by atoms with E-state index in [0.29, 0.717) is 22.6 Å². The Hall–Kier alpha value is -2.83. The lowest BCUT2D eigenvalue weighted by Gasteiger charge is -1.98. The van der Waals surface area contributed by atoms with Gasteiger partial charge in [0.1, 0.15) is 11.6 Å². The van der Waals surface area contributed by atoms with Gasteiger partial charge in [-0.1, -0.05) is 5.16 Å². The largest absolute Gasteiger partial charge is 0.397 e. The molecule has 21 heavy (non-hydrogen) atoms. The summed E-state index contributed by atoms with van der Waals surface area (Å²) < 4.78 is 31.4. The maximum Gasteiger partial charge on any atom is 0.260 e. The fourth-order valence-electron chi connectivity index (χ4n) is 1.93. The van der Waals surface area contributed by atoms with Crippen molar-refractivity contribution in [3.63, 3.8) is 0 Å². The lowest BCUT2D eigenvalue weighted by molar-refractivity contribution is 0.424. The quantitative estimate of drug-likeness (QED) is 0.801. The molecular formula is C14H10F2N4O. The van der Waals surface area contributed by atoms with Crippen LogP contribution in [0, 0.1) is 11.6 Å². The first kappa shape index (κ1) is 13.2. The molecule has 0 aliphatic heterocycles. The van der Waals surface area contributed by atoms with Gasteiger partial charge in [-0.2, -0.15) is 4.98 Å². The summed E-state index contributed by atoms with van der Waals surface area (Å²) in [6, 6.07) is 4.90. The highest BCUT2D eigenvalue weighted by Gasteiger charge is 2.12. The second-order valence-electron chi connectivity index (χ2n) is 4.43. The van der Waals surface area contributed by atoms with Crippen LogP contribution in [0.4, 0.5) is 14.5 Å². The van der Waals surface area contributed by atoms with Crippen molar-refractivity contribution < 1.29 is 13.3 Å². The van der Waals surface area contributed by atoms with Crippen LogP contribution >= 0.6 is 0 Å². The van der Waals surface area contributed by atoms with E-state index >= 15 is 0 Å². The summed E-state index contributed by atoms with van der Waals surface area (Å²) in [5.41, 5.74) is 7.15. The minimum Gasteiger partial charge on any atom is -0.397 e. The maximum absolute atomic E-state index is 13.1. The zero-order valence-corrected chi connectivity index (χ0v) is 10.8. The van der Waals surface area contributed by atoms with Crippen LogP contribution in [-0.4, -0.2) is 15.1 Å². The summed E-state index contributed by atoms with van der Waals surface area (Å²) in [5, 5.41) is 3.78. The van der Waals surface area contributed by atoms with Gasteiger partial charge in [0.2, 0.25) is 0 Å². The van der Waals surface area contributed by atoms with Crippen LogP contribution in [0.25, 0.3) is 11.5 Å². The third-order valence-electron chi connectivity index (χ3n) is 2.83. The summed E-state index contributed by atoms with van der Waals surface area (Å²) in [6.07, 6.45) is 3.18. The van der Waals surface area contributed by atoms with Gasteiger partial charge in [-0.05, 0) is 23.8 Å². The third kappa shape index (κ3) is 2.86. The van der Waals surface area contributed by atoms with Crippen LogP contribution in [0.2, 0.25) is 0 Å². The molecule has 3 aromatic rings. The number of anilines is 1. The Morgan fingerprint density at radius 1 is 1.14 bits per heavy atom. The number of aromatic nitrogens is 3. The van der Waals surface area contributed by atoms with E-state index in [1.54, 1.807) is 12.3 Å². The summed E-state index contributed by atoms with van der Waals surface area (Å²) in [4.78, 5) is 8.03. The zero-order valence-electron chi connectivity index (χ0n) is 10.8. The topological polar surface area (TPSA) is 77.8 Å². The number of nitrogens with two attached hydrogens (primary N) is 1. The number of rotatable bonds is 3. The van der Waals surface area contributed by atoms with Gasteiger partial charge < -0.3 is 10.3 Å². The van der Waals surface area contributed by atoms with Crippen molar-refractivity contribution in [2.24, 2.45) is 0 Å². The molecule has 7 heteroatoms. The molecule has 0 unspecified atom stereocenters. The van der Waals surface area contributed by atoms with Crippen LogP contribution in [0.15, 0.2) is 41.2 Å². The normalized spacial score (nSPS) is 10.8. The van der Waals surface area contributed by atoms with E-state index in [1.165, 1.54) is 18.3 Å². The molecule has 0 amide bonds. The standard InChI is InChI=1S/C14H10F2N4O/c15-9-3-8(4-10(16)6-9)5-13-19-14(21-20-13)11-1-2-18-7-12(11)17/h1-4,6-7H,5,17H2. The third-order valence-corrected chi connectivity index (χ3v) is 2.83. The number of halogens is 2. The first-order valence-electron chi connectivity index (χ1n) is 6.09. The second kappa shape index (κ2) is 5.28. The van der Waals surface area contributed by atoms with Gasteiger partial charge >= 0.3 is 0 Å². The summed E-state index contributed by atoms with van der Waals surface area (Å²) in [6.45, 7) is 0. The lowest BCUT2D eigenvalue weighted by Crippen LogP contribution is -1.94. The van der Waals surface area contributed by atoms with E-state index in [2.05, 4.69) is 15.1 Å². The number of benzene rings is 1. The van der Waals surface area contributed by atoms with Gasteiger partial charge in [0.05, 0.1) is 17.4 Å². The monoisotopic (exact) mass is 288 g/mol. The minimum atomic E-state index is -0.646. The number of nitrogen functional groups attached to an aromatic ring is 1. The molecule has 0 aliphatic rings. The van der Waals surface area contributed by atoms with Crippen molar-refractivity contribution in [2.45, 2.75) is 6.42 Å². The second-order valence-corrected chi connectivity index (χ2v) is 4.43. The van der Waals surface area contributed by atoms with Crippen molar-refractivity contribution in [1.29, 1.82) is 0 Å². The summed E-state index contributed by atoms with van der Waals surface area (Å²) in [5.74, 6) is -0.743. The van der Waals surface area contributed by atoms with Crippen LogP contribution in [0.3, 0.4) is 0 Å². The Balaban J connectivity index is 1.87. The van der Waals surface area contributed by atoms with Gasteiger partial charge in [0.25, 0.3) is 5.89 Å². The average molecular weight is 288 g/mol. The fraction of sp³-hybridized carbons (Fsp3) is 0.0714. The van der Waals surface area contributed by atoms with Crippen LogP contribution in [-0.2, 0) is 6.42 Å². The molecule has 1 aromatic carbocycles. The predicted octanol–water partition coefficient (Wildman–Crippen LogP) is 2.58. The Kier molecular flexibility index (Phi) is 3.31. The molecule has 5 nitrogen and oxygen atoms in total. The fourth-order valence-corrected chi connectivity index (χ4v) is 1.93. The van der Waals surface area contributed by atoms with E-state index in [4.69, 9.17) is 10.3 Å². The number of hydrogen-bond donors (Lipinski definition) is 1. The van der Waals surface area contributed by atoms with Crippen LogP contribution in [0.1, 0.15) is 11.4 Å². The predicted molar refractivity (Wildman–Crippen MR) is 71.1 cm³/mol. The Labute approximate surface area is 118 Å². The highest BCUT2D eigenvalue weighted by molar-refractivity contribution is 5.68. The van der Waals surface area contributed by atoms with E-state index in [-0.39, 0.29) is 12.3 Å². The molecule has 0 fully saturated rings. The van der Waals surface area contributed by atoms with Crippen molar-refractivity contribution in [1.82, 2.24) is 15.1 Å². The van der Waals surface area contributed by atoms with Crippen molar-refractivity contribution in [3.05, 3.63) is 59.7 Å². The van der Waals surface area contributed by atoms with Crippen LogP contribution < -0.4 is 5.73 Å². The summed E-state index contributed by atoms with van der Waals surface area (Å²) in [7, 11) is 0. The minimum absolute atomic E-state index is 0.156. The number of nitrogens with zero attached hydrogens (tertiary/aromatic N) is 3. The molecule has 0 atom stereocenters. The van der Waals surface area contributed by atoms with E-state index in [1.807, 2.05) is 0 Å². The molecule has 106 valence electrons. The molecule has 3 rings (SSSR count). The van der Waals surface area contributed by atoms with Gasteiger partial charge in [-0.15, -0.1) is 0 Å². The Bertz CT molecular complexity index is 768. The van der Waals surface area contributed by atoms with Gasteiger partial charge in [-0.25, -0.2) is 8.78 Å². The average Bonchev–Trinajstić information content (AvgIpc) is 2.86. The lowest BCUT2D eigenvalue weighted by atomic mass is 10.1. The van der Waals surface area contributed by atoms with Crippen molar-refractivity contribution in [2.75, 3.05) is 5.73 Å². The number of pyridine rings is 1. The van der Waals surface area contributed by atoms with Gasteiger partial charge in [0, 0.05) is 18.7 Å². The molecular weight excluding hydrogens is 278 g/mol. The SMILES string of the molecule is Nc1cnccc1-c1nc(Cc2cc(F)cc(F)c2)no1. The summed E-state index contributed by atoms with van der Waals surface area (Å²) >= 11 is 0. The zero-order chi connectivity index (χ0) is 14.8. The Morgan fingerprint density at radius 3 is 2.62 bits per heavy atom. The first-order valence-corrected chi connectivity index (χ1v) is 6.09. The first-order chi connectivity index (χ1) is 10.1. The van der Waals surface area contributed by atoms with E-state index in [0.717, 1.165) is 6.07 Å². The highest BCUT2D eigenvalue weighted by atomic mass is 19.1. The molecule has 0 saturated heterocycles. The van der Waals surface area contributed by atoms with Crippen molar-refractivity contribution in [3.8, 4) is 11.5 Å². The molecule has 0 bridgehead atoms. The van der Waals surface area contributed by atoms with E-state index < -0.39 is 11.6 Å². The molecule has 2 heterocycles. The van der Waals surface area contributed by atoms with Gasteiger partial charge in [0.15, 0.2) is 5.82 Å². The van der Waals surface area contributed by atoms with Gasteiger partial charge in [-0.3, -0.25) is 4.98 Å². The van der Waals surface area contributed by atoms with Crippen molar-refractivity contribution >= 4 is 5.69 Å². The molecule has 0 saturated carbocycles. The number of hydrogen-bond acceptors (Lipinski definition) is 5. The smallest absolute Gasteiger partial charge is 0.260 e. The van der Waals surface area contributed by atoms with E-state index in [9.17, 15) is 8.78 Å².